The third kappa shape index (κ3) is 2.38. The number of nitrogens with one attached hydrogen (secondary N) is 2. The normalized spacial score (nSPS) is 13.8. The summed E-state index contributed by atoms with van der Waals surface area (Å²) in [4.78, 5) is 31.8. The number of aryl methyl sites for hydroxylation is 2. The van der Waals surface area contributed by atoms with Gasteiger partial charge in [0.2, 0.25) is 0 Å². The van der Waals surface area contributed by atoms with Gasteiger partial charge in [-0.15, -0.1) is 11.3 Å². The van der Waals surface area contributed by atoms with E-state index in [1.54, 1.807) is 0 Å². The van der Waals surface area contributed by atoms with Crippen molar-refractivity contribution in [2.75, 3.05) is 5.32 Å². The number of pyridine rings is 1. The number of H-pyrrole nitrogens is 1. The highest BCUT2D eigenvalue weighted by Gasteiger charge is 2.19. The second-order valence-electron chi connectivity index (χ2n) is 4.94. The zero-order valence-corrected chi connectivity index (χ0v) is 12.0. The van der Waals surface area contributed by atoms with Crippen LogP contribution >= 0.6 is 11.3 Å². The first-order valence-corrected chi connectivity index (χ1v) is 7.50. The van der Waals surface area contributed by atoms with E-state index in [9.17, 15) is 9.59 Å². The number of aromatic amines is 1. The van der Waals surface area contributed by atoms with Crippen LogP contribution < -0.4 is 10.7 Å². The van der Waals surface area contributed by atoms with E-state index in [0.29, 0.717) is 5.13 Å². The molecular weight excluding hydrogens is 274 g/mol. The van der Waals surface area contributed by atoms with E-state index in [1.807, 2.05) is 12.3 Å². The molecule has 0 bridgehead atoms. The number of anilines is 1. The van der Waals surface area contributed by atoms with E-state index >= 15 is 0 Å². The van der Waals surface area contributed by atoms with Gasteiger partial charge in [-0.1, -0.05) is 0 Å². The molecule has 2 N–H and O–H groups in total. The zero-order valence-electron chi connectivity index (χ0n) is 11.2. The van der Waals surface area contributed by atoms with E-state index in [0.717, 1.165) is 42.6 Å². The summed E-state index contributed by atoms with van der Waals surface area (Å²) in [7, 11) is 0. The number of nitrogens with zero attached hydrogens (tertiary/aromatic N) is 1. The summed E-state index contributed by atoms with van der Waals surface area (Å²) in [5.41, 5.74) is 2.61. The second kappa shape index (κ2) is 5.20. The van der Waals surface area contributed by atoms with Gasteiger partial charge in [-0.25, -0.2) is 4.98 Å². The highest BCUT2D eigenvalue weighted by Crippen LogP contribution is 2.18. The van der Waals surface area contributed by atoms with Crippen LogP contribution in [0.25, 0.3) is 0 Å². The van der Waals surface area contributed by atoms with E-state index in [2.05, 4.69) is 15.3 Å². The molecular formula is C14H15N3O2S. The SMILES string of the molecule is Cc1csc(NC(=O)c2c[nH]c3c(c2=O)CCCC3)n1. The molecule has 6 heteroatoms. The third-order valence-corrected chi connectivity index (χ3v) is 4.34. The summed E-state index contributed by atoms with van der Waals surface area (Å²) in [6.07, 6.45) is 5.25. The van der Waals surface area contributed by atoms with Crippen LogP contribution in [-0.4, -0.2) is 15.9 Å². The number of fused-ring (bicyclic) bond motifs is 1. The minimum absolute atomic E-state index is 0.149. The van der Waals surface area contributed by atoms with Crippen LogP contribution in [0.5, 0.6) is 0 Å². The Hall–Kier alpha value is -1.95. The maximum atomic E-state index is 12.4. The number of aromatic nitrogens is 2. The number of thiazole rings is 1. The fourth-order valence-electron chi connectivity index (χ4n) is 2.45. The van der Waals surface area contributed by atoms with Crippen LogP contribution in [0.1, 0.15) is 40.2 Å². The molecule has 0 fully saturated rings. The summed E-state index contributed by atoms with van der Waals surface area (Å²) in [6.45, 7) is 1.86. The Kier molecular flexibility index (Phi) is 3.40. The van der Waals surface area contributed by atoms with Gasteiger partial charge in [0.15, 0.2) is 10.6 Å². The van der Waals surface area contributed by atoms with Crippen molar-refractivity contribution in [3.63, 3.8) is 0 Å². The smallest absolute Gasteiger partial charge is 0.262 e. The quantitative estimate of drug-likeness (QED) is 0.890. The molecule has 2 heterocycles. The molecule has 0 saturated heterocycles. The lowest BCUT2D eigenvalue weighted by molar-refractivity contribution is 0.102. The number of carbonyl (C=O) groups excluding carboxylic acids is 1. The third-order valence-electron chi connectivity index (χ3n) is 3.46. The van der Waals surface area contributed by atoms with Gasteiger partial charge < -0.3 is 4.98 Å². The largest absolute Gasteiger partial charge is 0.364 e. The summed E-state index contributed by atoms with van der Waals surface area (Å²) in [5, 5.41) is 5.05. The van der Waals surface area contributed by atoms with Crippen LogP contribution in [0.2, 0.25) is 0 Å². The number of hydrogen-bond donors (Lipinski definition) is 2. The molecule has 1 aliphatic rings. The topological polar surface area (TPSA) is 74.8 Å². The van der Waals surface area contributed by atoms with Crippen LogP contribution in [0.15, 0.2) is 16.4 Å². The highest BCUT2D eigenvalue weighted by molar-refractivity contribution is 7.13. The molecule has 3 rings (SSSR count). The molecule has 1 aliphatic carbocycles. The predicted octanol–water partition coefficient (Wildman–Crippen LogP) is 2.27. The number of amides is 1. The Morgan fingerprint density at radius 2 is 2.20 bits per heavy atom. The standard InChI is InChI=1S/C14H15N3O2S/c1-8-7-20-14(16-8)17-13(19)10-6-15-11-5-3-2-4-9(11)12(10)18/h6-7H,2-5H2,1H3,(H,15,18)(H,16,17,19). The summed E-state index contributed by atoms with van der Waals surface area (Å²) in [5.74, 6) is -0.394. The Morgan fingerprint density at radius 1 is 1.40 bits per heavy atom. The van der Waals surface area contributed by atoms with Gasteiger partial charge in [-0.3, -0.25) is 14.9 Å². The Morgan fingerprint density at radius 3 is 2.95 bits per heavy atom. The number of carbonyl (C=O) groups is 1. The minimum atomic E-state index is -0.394. The summed E-state index contributed by atoms with van der Waals surface area (Å²) >= 11 is 1.35. The number of rotatable bonds is 2. The van der Waals surface area contributed by atoms with Gasteiger partial charge in [0.05, 0.1) is 5.69 Å². The van der Waals surface area contributed by atoms with Crippen LogP contribution in [0, 0.1) is 6.92 Å². The Balaban J connectivity index is 1.90. The fourth-order valence-corrected chi connectivity index (χ4v) is 3.13. The maximum Gasteiger partial charge on any atom is 0.262 e. The number of hydrogen-bond acceptors (Lipinski definition) is 4. The van der Waals surface area contributed by atoms with Gasteiger partial charge in [-0.05, 0) is 32.6 Å². The lowest BCUT2D eigenvalue weighted by atomic mass is 9.94. The van der Waals surface area contributed by atoms with Crippen molar-refractivity contribution < 1.29 is 4.79 Å². The summed E-state index contributed by atoms with van der Waals surface area (Å²) < 4.78 is 0. The molecule has 0 spiro atoms. The zero-order chi connectivity index (χ0) is 14.1. The first-order chi connectivity index (χ1) is 9.65. The molecule has 2 aromatic heterocycles. The van der Waals surface area contributed by atoms with Gasteiger partial charge in [0.1, 0.15) is 5.56 Å². The monoisotopic (exact) mass is 289 g/mol. The average molecular weight is 289 g/mol. The van der Waals surface area contributed by atoms with Gasteiger partial charge in [-0.2, -0.15) is 0 Å². The molecule has 20 heavy (non-hydrogen) atoms. The Bertz CT molecular complexity index is 717. The molecule has 2 aromatic rings. The van der Waals surface area contributed by atoms with Crippen LogP contribution in [0.3, 0.4) is 0 Å². The maximum absolute atomic E-state index is 12.4. The molecule has 1 amide bonds. The first-order valence-electron chi connectivity index (χ1n) is 6.62. The van der Waals surface area contributed by atoms with Gasteiger partial charge in [0, 0.05) is 22.8 Å². The van der Waals surface area contributed by atoms with Crippen molar-refractivity contribution in [3.8, 4) is 0 Å². The predicted molar refractivity (Wildman–Crippen MR) is 78.5 cm³/mol. The van der Waals surface area contributed by atoms with Crippen molar-refractivity contribution in [3.05, 3.63) is 44.3 Å². The lowest BCUT2D eigenvalue weighted by Crippen LogP contribution is -2.27. The van der Waals surface area contributed by atoms with Crippen molar-refractivity contribution in [1.29, 1.82) is 0 Å². The van der Waals surface area contributed by atoms with Crippen molar-refractivity contribution in [2.45, 2.75) is 32.6 Å². The van der Waals surface area contributed by atoms with Crippen LogP contribution in [0.4, 0.5) is 5.13 Å². The Labute approximate surface area is 120 Å². The first kappa shape index (κ1) is 13.1. The van der Waals surface area contributed by atoms with Crippen molar-refractivity contribution >= 4 is 22.4 Å². The molecule has 0 aliphatic heterocycles. The van der Waals surface area contributed by atoms with Gasteiger partial charge in [0.25, 0.3) is 5.91 Å². The van der Waals surface area contributed by atoms with E-state index in [4.69, 9.17) is 0 Å². The molecule has 0 saturated carbocycles. The molecule has 0 aromatic carbocycles. The van der Waals surface area contributed by atoms with E-state index in [-0.39, 0.29) is 11.0 Å². The van der Waals surface area contributed by atoms with E-state index < -0.39 is 5.91 Å². The van der Waals surface area contributed by atoms with E-state index in [1.165, 1.54) is 17.5 Å². The fraction of sp³-hybridized carbons (Fsp3) is 0.357. The average Bonchev–Trinajstić information content (AvgIpc) is 2.84. The highest BCUT2D eigenvalue weighted by atomic mass is 32.1. The van der Waals surface area contributed by atoms with Crippen molar-refractivity contribution in [1.82, 2.24) is 9.97 Å². The molecule has 0 atom stereocenters. The van der Waals surface area contributed by atoms with Gasteiger partial charge >= 0.3 is 0 Å². The second-order valence-corrected chi connectivity index (χ2v) is 5.80. The van der Waals surface area contributed by atoms with Crippen LogP contribution in [-0.2, 0) is 12.8 Å². The molecule has 5 nitrogen and oxygen atoms in total. The summed E-state index contributed by atoms with van der Waals surface area (Å²) in [6, 6.07) is 0. The minimum Gasteiger partial charge on any atom is -0.364 e. The molecule has 0 unspecified atom stereocenters. The molecule has 0 radical (unpaired) electrons. The van der Waals surface area contributed by atoms with Crippen molar-refractivity contribution in [2.24, 2.45) is 0 Å². The molecule has 104 valence electrons. The lowest BCUT2D eigenvalue weighted by Gasteiger charge is -2.15.